The molecule has 0 spiro atoms. The Morgan fingerprint density at radius 3 is 2.43 bits per heavy atom. The Labute approximate surface area is 138 Å². The van der Waals surface area contributed by atoms with Gasteiger partial charge in [-0.05, 0) is 25.3 Å². The van der Waals surface area contributed by atoms with Crippen LogP contribution >= 0.6 is 0 Å². The Bertz CT molecular complexity index is 532. The van der Waals surface area contributed by atoms with Crippen molar-refractivity contribution in [1.82, 2.24) is 10.2 Å². The fraction of sp³-hybridized carbons (Fsp3) is 0.556. The molecule has 0 aliphatic carbocycles. The van der Waals surface area contributed by atoms with Gasteiger partial charge in [-0.2, -0.15) is 0 Å². The largest absolute Gasteiger partial charge is 0.354 e. The summed E-state index contributed by atoms with van der Waals surface area (Å²) in [6.45, 7) is 8.25. The van der Waals surface area contributed by atoms with E-state index in [9.17, 15) is 14.0 Å². The highest BCUT2D eigenvalue weighted by atomic mass is 19.1. The molecule has 0 aliphatic rings. The summed E-state index contributed by atoms with van der Waals surface area (Å²) in [6, 6.07) is 5.70. The number of nitrogens with zero attached hydrogens (tertiary/aromatic N) is 1. The number of nitrogens with one attached hydrogen (secondary N) is 1. The van der Waals surface area contributed by atoms with E-state index in [1.807, 2.05) is 20.8 Å². The average Bonchev–Trinajstić information content (AvgIpc) is 2.51. The Kier molecular flexibility index (Phi) is 7.72. The summed E-state index contributed by atoms with van der Waals surface area (Å²) >= 11 is 0. The van der Waals surface area contributed by atoms with E-state index >= 15 is 0 Å². The van der Waals surface area contributed by atoms with Crippen molar-refractivity contribution in [3.8, 4) is 0 Å². The molecule has 0 saturated carbocycles. The van der Waals surface area contributed by atoms with Crippen molar-refractivity contribution in [3.05, 3.63) is 35.6 Å². The van der Waals surface area contributed by atoms with Crippen LogP contribution in [0.3, 0.4) is 0 Å². The quantitative estimate of drug-likeness (QED) is 0.799. The second-order valence-corrected chi connectivity index (χ2v) is 6.18. The first-order valence-corrected chi connectivity index (χ1v) is 8.17. The smallest absolute Gasteiger partial charge is 0.242 e. The first-order valence-electron chi connectivity index (χ1n) is 8.17. The van der Waals surface area contributed by atoms with Gasteiger partial charge in [-0.25, -0.2) is 4.39 Å². The summed E-state index contributed by atoms with van der Waals surface area (Å²) < 4.78 is 13.9. The van der Waals surface area contributed by atoms with Crippen LogP contribution in [0.25, 0.3) is 0 Å². The van der Waals surface area contributed by atoms with E-state index < -0.39 is 6.04 Å². The molecular formula is C18H27FN2O2. The van der Waals surface area contributed by atoms with Gasteiger partial charge in [0.2, 0.25) is 11.8 Å². The number of carbonyl (C=O) groups excluding carboxylic acids is 2. The van der Waals surface area contributed by atoms with Crippen molar-refractivity contribution in [2.75, 3.05) is 6.54 Å². The Morgan fingerprint density at radius 2 is 1.87 bits per heavy atom. The highest BCUT2D eigenvalue weighted by molar-refractivity contribution is 5.87. The molecule has 0 radical (unpaired) electrons. The maximum atomic E-state index is 13.9. The highest BCUT2D eigenvalue weighted by Crippen LogP contribution is 2.14. The van der Waals surface area contributed by atoms with Gasteiger partial charge in [0, 0.05) is 25.1 Å². The Hall–Kier alpha value is -1.91. The van der Waals surface area contributed by atoms with Gasteiger partial charge in [-0.15, -0.1) is 0 Å². The molecule has 0 bridgehead atoms. The third-order valence-corrected chi connectivity index (χ3v) is 3.61. The average molecular weight is 322 g/mol. The molecule has 0 fully saturated rings. The molecular weight excluding hydrogens is 295 g/mol. The van der Waals surface area contributed by atoms with Gasteiger partial charge < -0.3 is 10.2 Å². The molecule has 0 saturated heterocycles. The summed E-state index contributed by atoms with van der Waals surface area (Å²) in [6.07, 6.45) is 1.03. The lowest BCUT2D eigenvalue weighted by Gasteiger charge is -2.29. The van der Waals surface area contributed by atoms with Gasteiger partial charge in [0.15, 0.2) is 0 Å². The zero-order valence-electron chi connectivity index (χ0n) is 14.4. The molecule has 2 amide bonds. The lowest BCUT2D eigenvalue weighted by atomic mass is 10.1. The Morgan fingerprint density at radius 1 is 1.22 bits per heavy atom. The second-order valence-electron chi connectivity index (χ2n) is 6.18. The number of hydrogen-bond acceptors (Lipinski definition) is 2. The minimum Gasteiger partial charge on any atom is -0.354 e. The van der Waals surface area contributed by atoms with Crippen LogP contribution in [0.5, 0.6) is 0 Å². The second kappa shape index (κ2) is 9.28. The van der Waals surface area contributed by atoms with Crippen molar-refractivity contribution < 1.29 is 14.0 Å². The lowest BCUT2D eigenvalue weighted by Crippen LogP contribution is -2.48. The van der Waals surface area contributed by atoms with Crippen LogP contribution in [0.4, 0.5) is 4.39 Å². The molecule has 0 aliphatic heterocycles. The lowest BCUT2D eigenvalue weighted by molar-refractivity contribution is -0.140. The first kappa shape index (κ1) is 19.1. The molecule has 1 atom stereocenters. The molecule has 1 aromatic carbocycles. The zero-order chi connectivity index (χ0) is 17.4. The normalized spacial score (nSPS) is 12.1. The predicted molar refractivity (Wildman–Crippen MR) is 89.2 cm³/mol. The number of halogens is 1. The van der Waals surface area contributed by atoms with Crippen molar-refractivity contribution in [2.24, 2.45) is 5.92 Å². The van der Waals surface area contributed by atoms with Crippen molar-refractivity contribution in [1.29, 1.82) is 0 Å². The maximum Gasteiger partial charge on any atom is 0.242 e. The molecule has 128 valence electrons. The van der Waals surface area contributed by atoms with Crippen LogP contribution in [0.1, 0.15) is 46.1 Å². The SMILES string of the molecule is CCCC(=O)N(Cc1ccccc1F)C(C)C(=O)NCC(C)C. The summed E-state index contributed by atoms with van der Waals surface area (Å²) in [5.41, 5.74) is 0.417. The van der Waals surface area contributed by atoms with E-state index in [0.29, 0.717) is 30.9 Å². The minimum atomic E-state index is -0.632. The predicted octanol–water partition coefficient (Wildman–Crippen LogP) is 3.12. The van der Waals surface area contributed by atoms with Crippen LogP contribution in [-0.2, 0) is 16.1 Å². The van der Waals surface area contributed by atoms with E-state index in [1.54, 1.807) is 25.1 Å². The van der Waals surface area contributed by atoms with Crippen molar-refractivity contribution in [3.63, 3.8) is 0 Å². The molecule has 0 heterocycles. The third kappa shape index (κ3) is 6.00. The molecule has 1 rings (SSSR count). The topological polar surface area (TPSA) is 49.4 Å². The standard InChI is InChI=1S/C18H27FN2O2/c1-5-8-17(22)21(12-15-9-6-7-10-16(15)19)14(4)18(23)20-11-13(2)3/h6-7,9-10,13-14H,5,8,11-12H2,1-4H3,(H,20,23). The number of hydrogen-bond donors (Lipinski definition) is 1. The summed E-state index contributed by atoms with van der Waals surface area (Å²) in [5.74, 6) is -0.378. The van der Waals surface area contributed by atoms with Gasteiger partial charge in [0.1, 0.15) is 11.9 Å². The van der Waals surface area contributed by atoms with Gasteiger partial charge in [-0.1, -0.05) is 39.0 Å². The molecule has 23 heavy (non-hydrogen) atoms. The maximum absolute atomic E-state index is 13.9. The van der Waals surface area contributed by atoms with Gasteiger partial charge in [-0.3, -0.25) is 9.59 Å². The summed E-state index contributed by atoms with van der Waals surface area (Å²) in [7, 11) is 0. The molecule has 4 nitrogen and oxygen atoms in total. The fourth-order valence-corrected chi connectivity index (χ4v) is 2.20. The van der Waals surface area contributed by atoms with E-state index in [0.717, 1.165) is 0 Å². The van der Waals surface area contributed by atoms with Crippen LogP contribution in [0.2, 0.25) is 0 Å². The van der Waals surface area contributed by atoms with Crippen molar-refractivity contribution in [2.45, 2.75) is 53.1 Å². The number of rotatable bonds is 8. The monoisotopic (exact) mass is 322 g/mol. The summed E-state index contributed by atoms with van der Waals surface area (Å²) in [4.78, 5) is 26.1. The van der Waals surface area contributed by atoms with Crippen LogP contribution in [0, 0.1) is 11.7 Å². The molecule has 0 aromatic heterocycles. The van der Waals surface area contributed by atoms with Gasteiger partial charge >= 0.3 is 0 Å². The number of benzene rings is 1. The summed E-state index contributed by atoms with van der Waals surface area (Å²) in [5, 5.41) is 2.83. The zero-order valence-corrected chi connectivity index (χ0v) is 14.4. The fourth-order valence-electron chi connectivity index (χ4n) is 2.20. The van der Waals surface area contributed by atoms with Crippen LogP contribution in [0.15, 0.2) is 24.3 Å². The number of amides is 2. The molecule has 1 unspecified atom stereocenters. The van der Waals surface area contributed by atoms with E-state index in [2.05, 4.69) is 5.32 Å². The highest BCUT2D eigenvalue weighted by Gasteiger charge is 2.26. The van der Waals surface area contributed by atoms with E-state index in [1.165, 1.54) is 11.0 Å². The van der Waals surface area contributed by atoms with Crippen LogP contribution < -0.4 is 5.32 Å². The Balaban J connectivity index is 2.89. The van der Waals surface area contributed by atoms with Gasteiger partial charge in [0.05, 0.1) is 0 Å². The molecule has 1 aromatic rings. The van der Waals surface area contributed by atoms with E-state index in [-0.39, 0.29) is 24.2 Å². The van der Waals surface area contributed by atoms with E-state index in [4.69, 9.17) is 0 Å². The number of carbonyl (C=O) groups is 2. The van der Waals surface area contributed by atoms with Crippen LogP contribution in [-0.4, -0.2) is 29.3 Å². The molecule has 5 heteroatoms. The first-order chi connectivity index (χ1) is 10.9. The minimum absolute atomic E-state index is 0.0990. The molecule has 1 N–H and O–H groups in total. The van der Waals surface area contributed by atoms with Gasteiger partial charge in [0.25, 0.3) is 0 Å². The van der Waals surface area contributed by atoms with Crippen molar-refractivity contribution >= 4 is 11.8 Å². The third-order valence-electron chi connectivity index (χ3n) is 3.61.